The minimum Gasteiger partial charge on any atom is -0.496 e. The second kappa shape index (κ2) is 10.1. The number of hydrogen-bond donors (Lipinski definition) is 1. The van der Waals surface area contributed by atoms with E-state index in [0.29, 0.717) is 19.0 Å². The van der Waals surface area contributed by atoms with Gasteiger partial charge in [0.2, 0.25) is 5.91 Å². The molecule has 148 valence electrons. The van der Waals surface area contributed by atoms with Gasteiger partial charge in [0.25, 0.3) is 0 Å². The SMILES string of the molecule is COc1ccccc1-c1nnc(SCC(=O)NCCC#N)n1C1CCCCC1. The average molecular weight is 400 g/mol. The Morgan fingerprint density at radius 1 is 1.32 bits per heavy atom. The van der Waals surface area contributed by atoms with Crippen molar-refractivity contribution in [3.05, 3.63) is 24.3 Å². The van der Waals surface area contributed by atoms with E-state index in [1.54, 1.807) is 7.11 Å². The van der Waals surface area contributed by atoms with Gasteiger partial charge >= 0.3 is 0 Å². The Balaban J connectivity index is 1.85. The number of aromatic nitrogens is 3. The highest BCUT2D eigenvalue weighted by Crippen LogP contribution is 2.37. The molecule has 1 aromatic heterocycles. The second-order valence-corrected chi connectivity index (χ2v) is 7.66. The Hall–Kier alpha value is -2.53. The van der Waals surface area contributed by atoms with E-state index in [1.165, 1.54) is 31.0 Å². The summed E-state index contributed by atoms with van der Waals surface area (Å²) in [5, 5.41) is 20.9. The summed E-state index contributed by atoms with van der Waals surface area (Å²) < 4.78 is 7.71. The number of nitriles is 1. The lowest BCUT2D eigenvalue weighted by Crippen LogP contribution is -2.26. The van der Waals surface area contributed by atoms with Crippen LogP contribution in [-0.2, 0) is 4.79 Å². The summed E-state index contributed by atoms with van der Waals surface area (Å²) in [6, 6.07) is 10.2. The fourth-order valence-corrected chi connectivity index (χ4v) is 4.33. The molecule has 0 aliphatic heterocycles. The van der Waals surface area contributed by atoms with Crippen molar-refractivity contribution in [2.75, 3.05) is 19.4 Å². The Morgan fingerprint density at radius 3 is 2.86 bits per heavy atom. The van der Waals surface area contributed by atoms with Gasteiger partial charge in [-0.2, -0.15) is 5.26 Å². The Labute approximate surface area is 169 Å². The normalized spacial score (nSPS) is 14.4. The number of nitrogens with one attached hydrogen (secondary N) is 1. The third kappa shape index (κ3) is 4.84. The van der Waals surface area contributed by atoms with Crippen molar-refractivity contribution in [1.29, 1.82) is 5.26 Å². The van der Waals surface area contributed by atoms with Crippen LogP contribution in [0.2, 0.25) is 0 Å². The number of nitrogens with zero attached hydrogens (tertiary/aromatic N) is 4. The topological polar surface area (TPSA) is 92.8 Å². The summed E-state index contributed by atoms with van der Waals surface area (Å²) in [5.41, 5.74) is 0.911. The van der Waals surface area contributed by atoms with Gasteiger partial charge in [0.05, 0.1) is 30.9 Å². The first-order chi connectivity index (χ1) is 13.7. The minimum atomic E-state index is -0.0997. The third-order valence-electron chi connectivity index (χ3n) is 4.84. The van der Waals surface area contributed by atoms with E-state index in [9.17, 15) is 4.79 Å². The summed E-state index contributed by atoms with van der Waals surface area (Å²) >= 11 is 1.39. The Kier molecular flexibility index (Phi) is 7.31. The summed E-state index contributed by atoms with van der Waals surface area (Å²) in [7, 11) is 1.65. The zero-order valence-corrected chi connectivity index (χ0v) is 16.9. The lowest BCUT2D eigenvalue weighted by Gasteiger charge is -2.26. The van der Waals surface area contributed by atoms with Crippen molar-refractivity contribution < 1.29 is 9.53 Å². The molecule has 0 unspecified atom stereocenters. The molecule has 1 aliphatic rings. The van der Waals surface area contributed by atoms with Crippen molar-refractivity contribution in [3.63, 3.8) is 0 Å². The first-order valence-corrected chi connectivity index (χ1v) is 10.6. The maximum atomic E-state index is 12.0. The summed E-state index contributed by atoms with van der Waals surface area (Å²) in [6.45, 7) is 0.373. The molecule has 1 amide bonds. The zero-order valence-electron chi connectivity index (χ0n) is 16.1. The summed E-state index contributed by atoms with van der Waals surface area (Å²) in [6.07, 6.45) is 6.11. The van der Waals surface area contributed by atoms with E-state index >= 15 is 0 Å². The first kappa shape index (κ1) is 20.2. The van der Waals surface area contributed by atoms with E-state index in [1.807, 2.05) is 30.3 Å². The van der Waals surface area contributed by atoms with Crippen LogP contribution in [0.3, 0.4) is 0 Å². The van der Waals surface area contributed by atoms with Crippen molar-refractivity contribution in [2.45, 2.75) is 49.7 Å². The van der Waals surface area contributed by atoms with Crippen LogP contribution in [0.1, 0.15) is 44.6 Å². The highest BCUT2D eigenvalue weighted by Gasteiger charge is 2.25. The number of thioether (sulfide) groups is 1. The number of carbonyl (C=O) groups excluding carboxylic acids is 1. The molecule has 1 fully saturated rings. The number of amides is 1. The standard InChI is InChI=1S/C20H25N5O2S/c1-27-17-11-6-5-10-16(17)19-23-24-20(25(19)15-8-3-2-4-9-15)28-14-18(26)22-13-7-12-21/h5-6,10-11,15H,2-4,7-9,13-14H2,1H3,(H,22,26). The van der Waals surface area contributed by atoms with E-state index in [2.05, 4.69) is 20.1 Å². The lowest BCUT2D eigenvalue weighted by molar-refractivity contribution is -0.118. The van der Waals surface area contributed by atoms with Gasteiger partial charge in [-0.3, -0.25) is 9.36 Å². The van der Waals surface area contributed by atoms with Gasteiger partial charge in [0.1, 0.15) is 5.75 Å². The van der Waals surface area contributed by atoms with E-state index in [-0.39, 0.29) is 11.7 Å². The van der Waals surface area contributed by atoms with Gasteiger partial charge in [0.15, 0.2) is 11.0 Å². The fourth-order valence-electron chi connectivity index (χ4n) is 3.50. The van der Waals surface area contributed by atoms with E-state index in [4.69, 9.17) is 10.00 Å². The molecule has 0 atom stereocenters. The van der Waals surface area contributed by atoms with Crippen LogP contribution in [0, 0.1) is 11.3 Å². The van der Waals surface area contributed by atoms with Crippen LogP contribution in [0.25, 0.3) is 11.4 Å². The molecule has 1 N–H and O–H groups in total. The maximum absolute atomic E-state index is 12.0. The number of ether oxygens (including phenoxy) is 1. The Morgan fingerprint density at radius 2 is 2.11 bits per heavy atom. The molecule has 1 saturated carbocycles. The molecule has 0 bridgehead atoms. The quantitative estimate of drug-likeness (QED) is 0.539. The molecule has 1 heterocycles. The molecule has 1 aliphatic carbocycles. The maximum Gasteiger partial charge on any atom is 0.230 e. The molecule has 28 heavy (non-hydrogen) atoms. The number of benzene rings is 1. The summed E-state index contributed by atoms with van der Waals surface area (Å²) in [4.78, 5) is 12.0. The van der Waals surface area contributed by atoms with Gasteiger partial charge in [-0.05, 0) is 25.0 Å². The molecule has 1 aromatic carbocycles. The van der Waals surface area contributed by atoms with E-state index < -0.39 is 0 Å². The highest BCUT2D eigenvalue weighted by molar-refractivity contribution is 7.99. The average Bonchev–Trinajstić information content (AvgIpc) is 3.16. The number of carbonyl (C=O) groups is 1. The number of hydrogen-bond acceptors (Lipinski definition) is 6. The van der Waals surface area contributed by atoms with Crippen LogP contribution >= 0.6 is 11.8 Å². The molecule has 0 spiro atoms. The molecule has 2 aromatic rings. The smallest absolute Gasteiger partial charge is 0.230 e. The van der Waals surface area contributed by atoms with Gasteiger partial charge in [0, 0.05) is 12.6 Å². The van der Waals surface area contributed by atoms with E-state index in [0.717, 1.165) is 35.1 Å². The predicted molar refractivity (Wildman–Crippen MR) is 108 cm³/mol. The van der Waals surface area contributed by atoms with Crippen LogP contribution < -0.4 is 10.1 Å². The van der Waals surface area contributed by atoms with Crippen LogP contribution in [0.5, 0.6) is 5.75 Å². The molecule has 8 heteroatoms. The molecular weight excluding hydrogens is 374 g/mol. The number of rotatable bonds is 8. The van der Waals surface area contributed by atoms with Gasteiger partial charge in [-0.1, -0.05) is 43.2 Å². The fraction of sp³-hybridized carbons (Fsp3) is 0.500. The Bertz CT molecular complexity index is 839. The van der Waals surface area contributed by atoms with Gasteiger partial charge in [-0.15, -0.1) is 10.2 Å². The second-order valence-electron chi connectivity index (χ2n) is 6.72. The monoisotopic (exact) mass is 399 g/mol. The number of methoxy groups -OCH3 is 1. The molecule has 7 nitrogen and oxygen atoms in total. The van der Waals surface area contributed by atoms with Crippen molar-refractivity contribution in [1.82, 2.24) is 20.1 Å². The number of para-hydroxylation sites is 1. The predicted octanol–water partition coefficient (Wildman–Crippen LogP) is 3.58. The van der Waals surface area contributed by atoms with Crippen molar-refractivity contribution in [2.24, 2.45) is 0 Å². The van der Waals surface area contributed by atoms with Crippen LogP contribution in [0.15, 0.2) is 29.4 Å². The van der Waals surface area contributed by atoms with Crippen LogP contribution in [-0.4, -0.2) is 40.1 Å². The third-order valence-corrected chi connectivity index (χ3v) is 5.79. The van der Waals surface area contributed by atoms with Gasteiger partial charge in [-0.25, -0.2) is 0 Å². The molecule has 0 radical (unpaired) electrons. The minimum absolute atomic E-state index is 0.0997. The van der Waals surface area contributed by atoms with Crippen molar-refractivity contribution in [3.8, 4) is 23.2 Å². The molecule has 3 rings (SSSR count). The molecule has 0 saturated heterocycles. The zero-order chi connectivity index (χ0) is 19.8. The summed E-state index contributed by atoms with van der Waals surface area (Å²) in [5.74, 6) is 1.70. The molecular formula is C20H25N5O2S. The van der Waals surface area contributed by atoms with Crippen LogP contribution in [0.4, 0.5) is 0 Å². The first-order valence-electron chi connectivity index (χ1n) is 9.59. The largest absolute Gasteiger partial charge is 0.496 e. The lowest BCUT2D eigenvalue weighted by atomic mass is 9.95. The van der Waals surface area contributed by atoms with Gasteiger partial charge < -0.3 is 10.1 Å². The highest BCUT2D eigenvalue weighted by atomic mass is 32.2. The van der Waals surface area contributed by atoms with Crippen molar-refractivity contribution >= 4 is 17.7 Å².